The summed E-state index contributed by atoms with van der Waals surface area (Å²) in [6.07, 6.45) is 0. The lowest BCUT2D eigenvalue weighted by atomic mass is 10.1. The summed E-state index contributed by atoms with van der Waals surface area (Å²) in [5, 5.41) is 12.8. The van der Waals surface area contributed by atoms with Crippen LogP contribution in [0.5, 0.6) is 0 Å². The molecule has 0 radical (unpaired) electrons. The van der Waals surface area contributed by atoms with Gasteiger partial charge in [-0.1, -0.05) is 36.0 Å². The second-order valence-corrected chi connectivity index (χ2v) is 9.70. The van der Waals surface area contributed by atoms with Gasteiger partial charge in [-0.25, -0.2) is 4.57 Å². The molecule has 1 amide bonds. The first kappa shape index (κ1) is 22.9. The second kappa shape index (κ2) is 9.03. The van der Waals surface area contributed by atoms with Crippen molar-refractivity contribution in [2.45, 2.75) is 32.9 Å². The van der Waals surface area contributed by atoms with Gasteiger partial charge < -0.3 is 5.32 Å². The van der Waals surface area contributed by atoms with E-state index in [1.54, 1.807) is 10.6 Å². The van der Waals surface area contributed by atoms with E-state index in [9.17, 15) is 9.59 Å². The SMILES string of the molecule is Cc1cc(C)cc(-n2c(=O)c3ccccc3n3c(SCC(=O)Nc4ccc(C)c(C)c4)nnc23)c1. The average Bonchev–Trinajstić information content (AvgIpc) is 3.23. The maximum absolute atomic E-state index is 13.5. The average molecular weight is 484 g/mol. The Labute approximate surface area is 206 Å². The van der Waals surface area contributed by atoms with Gasteiger partial charge in [0.25, 0.3) is 5.56 Å². The quantitative estimate of drug-likeness (QED) is 0.356. The highest BCUT2D eigenvalue weighted by Crippen LogP contribution is 2.24. The molecule has 176 valence electrons. The smallest absolute Gasteiger partial charge is 0.267 e. The molecule has 35 heavy (non-hydrogen) atoms. The maximum atomic E-state index is 13.5. The van der Waals surface area contributed by atoms with Crippen LogP contribution in [0.3, 0.4) is 0 Å². The monoisotopic (exact) mass is 483 g/mol. The number of fused-ring (bicyclic) bond motifs is 3. The molecule has 0 aliphatic carbocycles. The van der Waals surface area contributed by atoms with Crippen LogP contribution < -0.4 is 10.9 Å². The standard InChI is InChI=1S/C27H25N5O2S/c1-16-11-17(2)13-21(12-16)31-25(34)22-7-5-6-8-23(22)32-26(31)29-30-27(32)35-15-24(33)28-20-10-9-18(3)19(4)14-20/h5-14H,15H2,1-4H3,(H,28,33). The summed E-state index contributed by atoms with van der Waals surface area (Å²) in [5.74, 6) is 0.433. The minimum absolute atomic E-state index is 0.137. The van der Waals surface area contributed by atoms with Gasteiger partial charge in [0.1, 0.15) is 0 Å². The van der Waals surface area contributed by atoms with Crippen LogP contribution in [0.15, 0.2) is 70.6 Å². The Bertz CT molecular complexity index is 1650. The van der Waals surface area contributed by atoms with Crippen molar-refractivity contribution in [1.29, 1.82) is 0 Å². The van der Waals surface area contributed by atoms with Crippen LogP contribution in [0.1, 0.15) is 22.3 Å². The van der Waals surface area contributed by atoms with Crippen LogP contribution in [-0.2, 0) is 4.79 Å². The van der Waals surface area contributed by atoms with Gasteiger partial charge in [0.2, 0.25) is 11.7 Å². The number of aryl methyl sites for hydroxylation is 4. The number of carbonyl (C=O) groups excluding carboxylic acids is 1. The third-order valence-electron chi connectivity index (χ3n) is 5.98. The van der Waals surface area contributed by atoms with Crippen molar-refractivity contribution in [2.24, 2.45) is 0 Å². The van der Waals surface area contributed by atoms with Gasteiger partial charge in [-0.05, 0) is 86.3 Å². The Balaban J connectivity index is 1.55. The Kier molecular flexibility index (Phi) is 5.90. The highest BCUT2D eigenvalue weighted by atomic mass is 32.2. The van der Waals surface area contributed by atoms with E-state index < -0.39 is 0 Å². The normalized spacial score (nSPS) is 11.3. The van der Waals surface area contributed by atoms with E-state index in [2.05, 4.69) is 21.6 Å². The zero-order chi connectivity index (χ0) is 24.7. The van der Waals surface area contributed by atoms with Gasteiger partial charge in [-0.15, -0.1) is 10.2 Å². The van der Waals surface area contributed by atoms with Crippen molar-refractivity contribution in [3.63, 3.8) is 0 Å². The van der Waals surface area contributed by atoms with Crippen molar-refractivity contribution in [2.75, 3.05) is 11.1 Å². The minimum atomic E-state index is -0.158. The number of thioether (sulfide) groups is 1. The van der Waals surface area contributed by atoms with Crippen LogP contribution in [0.25, 0.3) is 22.4 Å². The number of nitrogens with zero attached hydrogens (tertiary/aromatic N) is 4. The molecule has 7 nitrogen and oxygen atoms in total. The van der Waals surface area contributed by atoms with E-state index in [1.165, 1.54) is 17.3 Å². The Hall–Kier alpha value is -3.91. The van der Waals surface area contributed by atoms with E-state index in [1.807, 2.05) is 80.6 Å². The van der Waals surface area contributed by atoms with Gasteiger partial charge in [0, 0.05) is 5.69 Å². The summed E-state index contributed by atoms with van der Waals surface area (Å²) < 4.78 is 3.44. The van der Waals surface area contributed by atoms with Crippen molar-refractivity contribution in [3.05, 3.63) is 93.3 Å². The molecule has 0 spiro atoms. The Morgan fingerprint density at radius 3 is 2.40 bits per heavy atom. The first-order valence-electron chi connectivity index (χ1n) is 11.3. The number of hydrogen-bond acceptors (Lipinski definition) is 5. The molecule has 0 bridgehead atoms. The molecular weight excluding hydrogens is 458 g/mol. The summed E-state index contributed by atoms with van der Waals surface area (Å²) in [5.41, 5.74) is 6.44. The maximum Gasteiger partial charge on any atom is 0.267 e. The topological polar surface area (TPSA) is 81.3 Å². The fourth-order valence-corrected chi connectivity index (χ4v) is 4.97. The number of nitrogens with one attached hydrogen (secondary N) is 1. The molecule has 5 aromatic rings. The highest BCUT2D eigenvalue weighted by Gasteiger charge is 2.19. The van der Waals surface area contributed by atoms with Crippen LogP contribution in [0.4, 0.5) is 5.69 Å². The molecule has 8 heteroatoms. The van der Waals surface area contributed by atoms with Crippen LogP contribution in [-0.4, -0.2) is 30.8 Å². The predicted molar refractivity (Wildman–Crippen MR) is 141 cm³/mol. The number of para-hydroxylation sites is 1. The van der Waals surface area contributed by atoms with E-state index in [-0.39, 0.29) is 17.2 Å². The predicted octanol–water partition coefficient (Wildman–Crippen LogP) is 5.00. The third kappa shape index (κ3) is 4.33. The van der Waals surface area contributed by atoms with Gasteiger partial charge >= 0.3 is 0 Å². The van der Waals surface area contributed by atoms with Gasteiger partial charge in [-0.2, -0.15) is 0 Å². The van der Waals surface area contributed by atoms with Crippen LogP contribution >= 0.6 is 11.8 Å². The fourth-order valence-electron chi connectivity index (χ4n) is 4.23. The van der Waals surface area contributed by atoms with E-state index in [0.29, 0.717) is 21.8 Å². The summed E-state index contributed by atoms with van der Waals surface area (Å²) in [6.45, 7) is 8.05. The Morgan fingerprint density at radius 2 is 1.66 bits per heavy atom. The van der Waals surface area contributed by atoms with Crippen LogP contribution in [0.2, 0.25) is 0 Å². The molecule has 0 aliphatic heterocycles. The number of rotatable bonds is 5. The van der Waals surface area contributed by atoms with E-state index >= 15 is 0 Å². The molecular formula is C27H25N5O2S. The number of aromatic nitrogens is 4. The lowest BCUT2D eigenvalue weighted by molar-refractivity contribution is -0.113. The Morgan fingerprint density at radius 1 is 0.914 bits per heavy atom. The number of anilines is 1. The summed E-state index contributed by atoms with van der Waals surface area (Å²) in [4.78, 5) is 26.2. The molecule has 0 unspecified atom stereocenters. The van der Waals surface area contributed by atoms with Gasteiger partial charge in [-0.3, -0.25) is 14.0 Å². The molecule has 0 saturated heterocycles. The number of carbonyl (C=O) groups is 1. The van der Waals surface area contributed by atoms with Crippen molar-refractivity contribution < 1.29 is 4.79 Å². The molecule has 0 aliphatic rings. The number of benzene rings is 3. The molecule has 3 aromatic carbocycles. The zero-order valence-corrected chi connectivity index (χ0v) is 20.8. The fraction of sp³-hybridized carbons (Fsp3) is 0.185. The highest BCUT2D eigenvalue weighted by molar-refractivity contribution is 7.99. The molecule has 2 heterocycles. The lowest BCUT2D eigenvalue weighted by Crippen LogP contribution is -2.22. The second-order valence-electron chi connectivity index (χ2n) is 8.76. The first-order valence-corrected chi connectivity index (χ1v) is 12.3. The molecule has 0 fully saturated rings. The van der Waals surface area contributed by atoms with Crippen molar-refractivity contribution in [3.8, 4) is 5.69 Å². The molecule has 0 saturated carbocycles. The van der Waals surface area contributed by atoms with E-state index in [0.717, 1.165) is 28.1 Å². The third-order valence-corrected chi connectivity index (χ3v) is 6.91. The van der Waals surface area contributed by atoms with Crippen molar-refractivity contribution in [1.82, 2.24) is 19.2 Å². The lowest BCUT2D eigenvalue weighted by Gasteiger charge is -2.12. The van der Waals surface area contributed by atoms with Crippen molar-refractivity contribution >= 4 is 40.0 Å². The number of amides is 1. The minimum Gasteiger partial charge on any atom is -0.325 e. The van der Waals surface area contributed by atoms with E-state index in [4.69, 9.17) is 0 Å². The molecule has 1 N–H and O–H groups in total. The first-order chi connectivity index (χ1) is 16.8. The van der Waals surface area contributed by atoms with Crippen LogP contribution in [0, 0.1) is 27.7 Å². The largest absolute Gasteiger partial charge is 0.325 e. The number of hydrogen-bond donors (Lipinski definition) is 1. The molecule has 0 atom stereocenters. The molecule has 5 rings (SSSR count). The summed E-state index contributed by atoms with van der Waals surface area (Å²) in [7, 11) is 0. The zero-order valence-electron chi connectivity index (χ0n) is 20.0. The van der Waals surface area contributed by atoms with Gasteiger partial charge in [0.05, 0.1) is 22.3 Å². The summed E-state index contributed by atoms with van der Waals surface area (Å²) in [6, 6.07) is 19.2. The molecule has 2 aromatic heterocycles. The summed E-state index contributed by atoms with van der Waals surface area (Å²) >= 11 is 1.28. The van der Waals surface area contributed by atoms with Gasteiger partial charge in [0.15, 0.2) is 5.16 Å².